The van der Waals surface area contributed by atoms with Gasteiger partial charge in [-0.1, -0.05) is 28.1 Å². The van der Waals surface area contributed by atoms with Crippen LogP contribution in [0.15, 0.2) is 53.0 Å². The highest BCUT2D eigenvalue weighted by atomic mass is 79.9. The zero-order valence-electron chi connectivity index (χ0n) is 15.5. The van der Waals surface area contributed by atoms with Crippen molar-refractivity contribution in [1.29, 1.82) is 0 Å². The van der Waals surface area contributed by atoms with Crippen LogP contribution < -0.4 is 14.8 Å². The molecule has 5 nitrogen and oxygen atoms in total. The molecule has 2 aromatic carbocycles. The summed E-state index contributed by atoms with van der Waals surface area (Å²) in [6, 6.07) is 15.3. The molecule has 0 spiro atoms. The lowest BCUT2D eigenvalue weighted by Crippen LogP contribution is -2.41. The molecule has 0 bridgehead atoms. The highest BCUT2D eigenvalue weighted by Gasteiger charge is 2.19. The van der Waals surface area contributed by atoms with Crippen molar-refractivity contribution in [2.24, 2.45) is 0 Å². The second kappa shape index (κ2) is 9.59. The van der Waals surface area contributed by atoms with Crippen molar-refractivity contribution in [2.75, 3.05) is 27.7 Å². The number of hydrogen-bond acceptors (Lipinski definition) is 4. The van der Waals surface area contributed by atoms with Crippen LogP contribution in [0.1, 0.15) is 18.5 Å². The minimum Gasteiger partial charge on any atom is -0.497 e. The number of halogens is 1. The third-order valence-electron chi connectivity index (χ3n) is 4.07. The molecular weight excluding hydrogens is 396 g/mol. The predicted molar refractivity (Wildman–Crippen MR) is 107 cm³/mol. The number of nitrogens with zero attached hydrogens (tertiary/aromatic N) is 1. The molecule has 0 fully saturated rings. The van der Waals surface area contributed by atoms with Gasteiger partial charge in [0.25, 0.3) is 5.91 Å². The molecule has 0 saturated carbocycles. The summed E-state index contributed by atoms with van der Waals surface area (Å²) >= 11 is 3.38. The Hall–Kier alpha value is -2.05. The number of methoxy groups -OCH3 is 1. The highest BCUT2D eigenvalue weighted by Crippen LogP contribution is 2.22. The number of ether oxygens (including phenoxy) is 2. The Morgan fingerprint density at radius 2 is 1.85 bits per heavy atom. The van der Waals surface area contributed by atoms with E-state index in [1.165, 1.54) is 0 Å². The molecule has 0 saturated heterocycles. The maximum atomic E-state index is 12.4. The number of carbonyl (C=O) groups is 1. The maximum absolute atomic E-state index is 12.4. The van der Waals surface area contributed by atoms with Crippen LogP contribution in [-0.4, -0.2) is 44.7 Å². The molecule has 0 heterocycles. The Bertz CT molecular complexity index is 719. The molecule has 2 atom stereocenters. The van der Waals surface area contributed by atoms with E-state index in [-0.39, 0.29) is 11.9 Å². The molecule has 2 unspecified atom stereocenters. The van der Waals surface area contributed by atoms with Gasteiger partial charge in [-0.3, -0.25) is 4.79 Å². The van der Waals surface area contributed by atoms with Crippen molar-refractivity contribution >= 4 is 21.8 Å². The summed E-state index contributed by atoms with van der Waals surface area (Å²) in [5, 5.41) is 2.98. The van der Waals surface area contributed by atoms with Crippen LogP contribution in [0.3, 0.4) is 0 Å². The Balaban J connectivity index is 1.96. The van der Waals surface area contributed by atoms with E-state index in [2.05, 4.69) is 26.1 Å². The van der Waals surface area contributed by atoms with Gasteiger partial charge in [-0.05, 0) is 63.0 Å². The molecule has 2 rings (SSSR count). The molecule has 0 aromatic heterocycles. The van der Waals surface area contributed by atoms with Gasteiger partial charge in [-0.25, -0.2) is 0 Å². The number of hydrogen-bond donors (Lipinski definition) is 1. The van der Waals surface area contributed by atoms with Gasteiger partial charge in [0, 0.05) is 11.0 Å². The number of amides is 1. The first-order valence-corrected chi connectivity index (χ1v) is 9.20. The smallest absolute Gasteiger partial charge is 0.260 e. The van der Waals surface area contributed by atoms with Gasteiger partial charge < -0.3 is 19.7 Å². The van der Waals surface area contributed by atoms with Crippen LogP contribution in [0.4, 0.5) is 0 Å². The molecular formula is C20H25BrN2O3. The average molecular weight is 421 g/mol. The van der Waals surface area contributed by atoms with E-state index in [4.69, 9.17) is 9.47 Å². The summed E-state index contributed by atoms with van der Waals surface area (Å²) in [7, 11) is 5.61. The van der Waals surface area contributed by atoms with Crippen LogP contribution in [0.5, 0.6) is 11.5 Å². The van der Waals surface area contributed by atoms with Crippen molar-refractivity contribution in [1.82, 2.24) is 10.2 Å². The second-order valence-electron chi connectivity index (χ2n) is 6.22. The van der Waals surface area contributed by atoms with E-state index in [1.807, 2.05) is 62.6 Å². The van der Waals surface area contributed by atoms with E-state index < -0.39 is 6.10 Å². The molecule has 1 N–H and O–H groups in total. The van der Waals surface area contributed by atoms with E-state index in [9.17, 15) is 4.79 Å². The first-order chi connectivity index (χ1) is 12.4. The van der Waals surface area contributed by atoms with Crippen LogP contribution in [0, 0.1) is 0 Å². The van der Waals surface area contributed by atoms with Gasteiger partial charge >= 0.3 is 0 Å². The topological polar surface area (TPSA) is 50.8 Å². The normalized spacial score (nSPS) is 13.2. The van der Waals surface area contributed by atoms with Crippen molar-refractivity contribution < 1.29 is 14.3 Å². The summed E-state index contributed by atoms with van der Waals surface area (Å²) in [5.41, 5.74) is 1.08. The molecule has 6 heteroatoms. The van der Waals surface area contributed by atoms with Crippen molar-refractivity contribution in [3.63, 3.8) is 0 Å². The predicted octanol–water partition coefficient (Wildman–Crippen LogP) is 3.64. The monoisotopic (exact) mass is 420 g/mol. The second-order valence-corrected chi connectivity index (χ2v) is 7.13. The fourth-order valence-corrected chi connectivity index (χ4v) is 2.82. The SMILES string of the molecule is COc1cccc(C(CNC(=O)C(C)Oc2ccc(Br)cc2)N(C)C)c1. The third-order valence-corrected chi connectivity index (χ3v) is 4.60. The largest absolute Gasteiger partial charge is 0.497 e. The Morgan fingerprint density at radius 3 is 2.46 bits per heavy atom. The van der Waals surface area contributed by atoms with E-state index >= 15 is 0 Å². The van der Waals surface area contributed by atoms with Gasteiger partial charge in [0.2, 0.25) is 0 Å². The number of rotatable bonds is 8. The first-order valence-electron chi connectivity index (χ1n) is 8.41. The van der Waals surface area contributed by atoms with E-state index in [1.54, 1.807) is 14.0 Å². The maximum Gasteiger partial charge on any atom is 0.260 e. The number of carbonyl (C=O) groups excluding carboxylic acids is 1. The van der Waals surface area contributed by atoms with Crippen LogP contribution >= 0.6 is 15.9 Å². The lowest BCUT2D eigenvalue weighted by atomic mass is 10.1. The van der Waals surface area contributed by atoms with Gasteiger partial charge in [-0.15, -0.1) is 0 Å². The minimum atomic E-state index is -0.579. The number of likely N-dealkylation sites (N-methyl/N-ethyl adjacent to an activating group) is 1. The third kappa shape index (κ3) is 5.75. The molecule has 2 aromatic rings. The fraction of sp³-hybridized carbons (Fsp3) is 0.350. The Kier molecular flexibility index (Phi) is 7.48. The summed E-state index contributed by atoms with van der Waals surface area (Å²) in [5.74, 6) is 1.31. The van der Waals surface area contributed by atoms with Gasteiger partial charge in [-0.2, -0.15) is 0 Å². The summed E-state index contributed by atoms with van der Waals surface area (Å²) in [6.07, 6.45) is -0.579. The quantitative estimate of drug-likeness (QED) is 0.707. The van der Waals surface area contributed by atoms with Crippen LogP contribution in [-0.2, 0) is 4.79 Å². The molecule has 26 heavy (non-hydrogen) atoms. The molecule has 0 radical (unpaired) electrons. The zero-order valence-corrected chi connectivity index (χ0v) is 17.1. The first kappa shape index (κ1) is 20.3. The standard InChI is InChI=1S/C20H25BrN2O3/c1-14(26-17-10-8-16(21)9-11-17)20(24)22-13-19(23(2)3)15-6-5-7-18(12-15)25-4/h5-12,14,19H,13H2,1-4H3,(H,22,24). The minimum absolute atomic E-state index is 0.0360. The van der Waals surface area contributed by atoms with Crippen molar-refractivity contribution in [3.05, 3.63) is 58.6 Å². The Labute approximate surface area is 163 Å². The number of nitrogens with one attached hydrogen (secondary N) is 1. The van der Waals surface area contributed by atoms with Gasteiger partial charge in [0.05, 0.1) is 13.2 Å². The van der Waals surface area contributed by atoms with Gasteiger partial charge in [0.1, 0.15) is 11.5 Å². The van der Waals surface area contributed by atoms with E-state index in [0.29, 0.717) is 12.3 Å². The Morgan fingerprint density at radius 1 is 1.15 bits per heavy atom. The van der Waals surface area contributed by atoms with E-state index in [0.717, 1.165) is 15.8 Å². The lowest BCUT2D eigenvalue weighted by Gasteiger charge is -2.26. The van der Waals surface area contributed by atoms with Crippen LogP contribution in [0.25, 0.3) is 0 Å². The average Bonchev–Trinajstić information content (AvgIpc) is 2.63. The molecule has 0 aliphatic heterocycles. The summed E-state index contributed by atoms with van der Waals surface area (Å²) in [6.45, 7) is 2.22. The molecule has 0 aliphatic carbocycles. The van der Waals surface area contributed by atoms with Crippen molar-refractivity contribution in [3.8, 4) is 11.5 Å². The summed E-state index contributed by atoms with van der Waals surface area (Å²) in [4.78, 5) is 14.5. The van der Waals surface area contributed by atoms with Gasteiger partial charge in [0.15, 0.2) is 6.10 Å². The molecule has 140 valence electrons. The molecule has 1 amide bonds. The number of benzene rings is 2. The summed E-state index contributed by atoms with van der Waals surface area (Å²) < 4.78 is 12.0. The van der Waals surface area contributed by atoms with Crippen molar-refractivity contribution in [2.45, 2.75) is 19.1 Å². The zero-order chi connectivity index (χ0) is 19.1. The van der Waals surface area contributed by atoms with Crippen LogP contribution in [0.2, 0.25) is 0 Å². The molecule has 0 aliphatic rings. The highest BCUT2D eigenvalue weighted by molar-refractivity contribution is 9.10. The fourth-order valence-electron chi connectivity index (χ4n) is 2.56. The lowest BCUT2D eigenvalue weighted by molar-refractivity contribution is -0.127.